The number of ether oxygens (including phenoxy) is 1. The van der Waals surface area contributed by atoms with Gasteiger partial charge in [-0.15, -0.1) is 0 Å². The first-order valence-corrected chi connectivity index (χ1v) is 15.8. The number of fused-ring (bicyclic) bond motifs is 1. The van der Waals surface area contributed by atoms with Gasteiger partial charge in [0.15, 0.2) is 5.69 Å². The van der Waals surface area contributed by atoms with Crippen molar-refractivity contribution in [1.29, 1.82) is 0 Å². The van der Waals surface area contributed by atoms with E-state index in [1.165, 1.54) is 40.4 Å². The summed E-state index contributed by atoms with van der Waals surface area (Å²) in [4.78, 5) is 26.5. The van der Waals surface area contributed by atoms with E-state index < -0.39 is 33.9 Å². The van der Waals surface area contributed by atoms with Gasteiger partial charge in [0, 0.05) is 38.4 Å². The first-order chi connectivity index (χ1) is 20.0. The van der Waals surface area contributed by atoms with Gasteiger partial charge in [-0.25, -0.2) is 13.2 Å². The average Bonchev–Trinajstić information content (AvgIpc) is 3.16. The van der Waals surface area contributed by atoms with E-state index in [9.17, 15) is 31.2 Å². The number of likely N-dealkylation sites (tertiary alicyclic amines) is 1. The van der Waals surface area contributed by atoms with Gasteiger partial charge in [-0.2, -0.15) is 22.6 Å². The lowest BCUT2D eigenvalue weighted by Gasteiger charge is -2.37. The van der Waals surface area contributed by atoms with E-state index in [2.05, 4.69) is 15.2 Å². The molecular formula is C28H36F3N5O5S. The number of aromatic nitrogens is 2. The van der Waals surface area contributed by atoms with Crippen LogP contribution in [0.15, 0.2) is 29.2 Å². The van der Waals surface area contributed by atoms with Crippen molar-refractivity contribution in [2.24, 2.45) is 11.8 Å². The molecule has 10 nitrogen and oxygen atoms in total. The molecule has 1 aromatic heterocycles. The van der Waals surface area contributed by atoms with Gasteiger partial charge >= 0.3 is 12.3 Å². The van der Waals surface area contributed by atoms with Crippen LogP contribution in [-0.4, -0.2) is 72.7 Å². The SMILES string of the molecule is COC(=O)Nc1ccc(S(=O)(=O)N2CCC(C3CCn4nc(C(F)(F)F)c(C(=O)N5CCCCCC5)c4C3)CC2)cc1. The average molecular weight is 612 g/mol. The summed E-state index contributed by atoms with van der Waals surface area (Å²) in [6, 6.07) is 5.83. The van der Waals surface area contributed by atoms with Crippen LogP contribution in [0.4, 0.5) is 23.7 Å². The minimum Gasteiger partial charge on any atom is -0.453 e. The second-order valence-electron chi connectivity index (χ2n) is 11.2. The molecule has 5 rings (SSSR count). The first-order valence-electron chi connectivity index (χ1n) is 14.4. The number of sulfonamides is 1. The van der Waals surface area contributed by atoms with Crippen LogP contribution in [0, 0.1) is 11.8 Å². The first kappa shape index (κ1) is 30.3. The van der Waals surface area contributed by atoms with Gasteiger partial charge in [0.2, 0.25) is 10.0 Å². The highest BCUT2D eigenvalue weighted by Gasteiger charge is 2.44. The van der Waals surface area contributed by atoms with Crippen LogP contribution >= 0.6 is 0 Å². The van der Waals surface area contributed by atoms with Crippen molar-refractivity contribution in [2.75, 3.05) is 38.6 Å². The van der Waals surface area contributed by atoms with E-state index in [0.717, 1.165) is 25.7 Å². The Morgan fingerprint density at radius 1 is 0.929 bits per heavy atom. The summed E-state index contributed by atoms with van der Waals surface area (Å²) in [5.74, 6) is -0.443. The van der Waals surface area contributed by atoms with E-state index in [1.807, 2.05) is 0 Å². The number of amides is 2. The van der Waals surface area contributed by atoms with E-state index in [0.29, 0.717) is 56.7 Å². The van der Waals surface area contributed by atoms with Crippen molar-refractivity contribution in [2.45, 2.75) is 69.0 Å². The van der Waals surface area contributed by atoms with Crippen LogP contribution in [0.1, 0.15) is 66.7 Å². The summed E-state index contributed by atoms with van der Waals surface area (Å²) in [6.45, 7) is 1.76. The summed E-state index contributed by atoms with van der Waals surface area (Å²) in [5, 5.41) is 6.35. The highest BCUT2D eigenvalue weighted by molar-refractivity contribution is 7.89. The number of halogens is 3. The molecule has 1 aromatic carbocycles. The Kier molecular flexibility index (Phi) is 8.83. The molecule has 230 valence electrons. The second-order valence-corrected chi connectivity index (χ2v) is 13.2. The Labute approximate surface area is 243 Å². The van der Waals surface area contributed by atoms with Crippen molar-refractivity contribution in [3.8, 4) is 0 Å². The lowest BCUT2D eigenvalue weighted by molar-refractivity contribution is -0.141. The number of nitrogens with one attached hydrogen (secondary N) is 1. The van der Waals surface area contributed by atoms with Crippen molar-refractivity contribution >= 4 is 27.7 Å². The molecule has 14 heteroatoms. The Morgan fingerprint density at radius 2 is 1.55 bits per heavy atom. The minimum absolute atomic E-state index is 0.0273. The molecule has 1 N–H and O–H groups in total. The Bertz CT molecular complexity index is 1390. The number of anilines is 1. The smallest absolute Gasteiger partial charge is 0.435 e. The topological polar surface area (TPSA) is 114 Å². The zero-order chi connectivity index (χ0) is 30.1. The van der Waals surface area contributed by atoms with Gasteiger partial charge in [0.1, 0.15) is 0 Å². The molecule has 3 aliphatic heterocycles. The van der Waals surface area contributed by atoms with Gasteiger partial charge in [0.05, 0.1) is 23.3 Å². The zero-order valence-corrected chi connectivity index (χ0v) is 24.3. The summed E-state index contributed by atoms with van der Waals surface area (Å²) in [7, 11) is -2.53. The van der Waals surface area contributed by atoms with Gasteiger partial charge in [-0.05, 0) is 74.6 Å². The number of hydrogen-bond donors (Lipinski definition) is 1. The monoisotopic (exact) mass is 611 g/mol. The van der Waals surface area contributed by atoms with E-state index in [4.69, 9.17) is 0 Å². The van der Waals surface area contributed by atoms with E-state index in [1.54, 1.807) is 4.90 Å². The fourth-order valence-electron chi connectivity index (χ4n) is 6.40. The zero-order valence-electron chi connectivity index (χ0n) is 23.5. The summed E-state index contributed by atoms with van der Waals surface area (Å²) < 4.78 is 76.0. The molecule has 1 atom stereocenters. The number of aryl methyl sites for hydroxylation is 1. The van der Waals surface area contributed by atoms with Crippen molar-refractivity contribution in [3.63, 3.8) is 0 Å². The molecule has 2 fully saturated rings. The molecule has 0 radical (unpaired) electrons. The predicted octanol–water partition coefficient (Wildman–Crippen LogP) is 4.76. The van der Waals surface area contributed by atoms with Gasteiger partial charge < -0.3 is 9.64 Å². The normalized spacial score (nSPS) is 21.0. The molecule has 0 spiro atoms. The number of carbonyl (C=O) groups excluding carboxylic acids is 2. The molecule has 2 aromatic rings. The highest BCUT2D eigenvalue weighted by atomic mass is 32.2. The number of benzene rings is 1. The summed E-state index contributed by atoms with van der Waals surface area (Å²) in [6.07, 6.45) is 0.135. The van der Waals surface area contributed by atoms with Crippen LogP contribution in [0.2, 0.25) is 0 Å². The number of alkyl halides is 3. The van der Waals surface area contributed by atoms with E-state index >= 15 is 0 Å². The maximum atomic E-state index is 14.1. The molecule has 2 amide bonds. The number of nitrogens with zero attached hydrogens (tertiary/aromatic N) is 4. The predicted molar refractivity (Wildman–Crippen MR) is 147 cm³/mol. The minimum atomic E-state index is -4.73. The summed E-state index contributed by atoms with van der Waals surface area (Å²) >= 11 is 0. The largest absolute Gasteiger partial charge is 0.453 e. The molecule has 42 heavy (non-hydrogen) atoms. The lowest BCUT2D eigenvalue weighted by atomic mass is 9.78. The van der Waals surface area contributed by atoms with Crippen LogP contribution in [0.5, 0.6) is 0 Å². The van der Waals surface area contributed by atoms with Crippen LogP contribution in [0.3, 0.4) is 0 Å². The Morgan fingerprint density at radius 3 is 2.14 bits per heavy atom. The standard InChI is InChI=1S/C28H36F3N5O5S/c1-41-27(38)32-21-6-8-22(9-7-21)42(39,40)35-15-10-19(11-16-35)20-12-17-36-23(18-20)24(25(33-36)28(29,30)31)26(37)34-13-4-2-3-5-14-34/h6-9,19-20H,2-5,10-18H2,1H3,(H,32,38). The number of hydrogen-bond acceptors (Lipinski definition) is 6. The number of rotatable bonds is 5. The maximum Gasteiger partial charge on any atom is 0.435 e. The fourth-order valence-corrected chi connectivity index (χ4v) is 7.87. The Hall–Kier alpha value is -3.13. The summed E-state index contributed by atoms with van der Waals surface area (Å²) in [5.41, 5.74) is -0.651. The Balaban J connectivity index is 1.28. The number of piperidine rings is 1. The van der Waals surface area contributed by atoms with Crippen molar-refractivity contribution in [1.82, 2.24) is 19.0 Å². The highest BCUT2D eigenvalue weighted by Crippen LogP contribution is 2.40. The van der Waals surface area contributed by atoms with Crippen LogP contribution in [-0.2, 0) is 33.9 Å². The number of carbonyl (C=O) groups is 2. The molecule has 0 saturated carbocycles. The third kappa shape index (κ3) is 6.29. The fraction of sp³-hybridized carbons (Fsp3) is 0.607. The third-order valence-electron chi connectivity index (χ3n) is 8.69. The molecule has 0 aliphatic carbocycles. The van der Waals surface area contributed by atoms with Gasteiger partial charge in [-0.1, -0.05) is 12.8 Å². The molecule has 4 heterocycles. The molecule has 3 aliphatic rings. The third-order valence-corrected chi connectivity index (χ3v) is 10.6. The molecular weight excluding hydrogens is 575 g/mol. The van der Waals surface area contributed by atoms with Crippen LogP contribution < -0.4 is 5.32 Å². The molecule has 2 saturated heterocycles. The van der Waals surface area contributed by atoms with Gasteiger partial charge in [0.25, 0.3) is 5.91 Å². The van der Waals surface area contributed by atoms with Gasteiger partial charge in [-0.3, -0.25) is 14.8 Å². The van der Waals surface area contributed by atoms with Crippen molar-refractivity contribution < 1.29 is 35.9 Å². The molecule has 1 unspecified atom stereocenters. The maximum absolute atomic E-state index is 14.1. The van der Waals surface area contributed by atoms with Crippen LogP contribution in [0.25, 0.3) is 0 Å². The second kappa shape index (κ2) is 12.2. The number of methoxy groups -OCH3 is 1. The lowest BCUT2D eigenvalue weighted by Crippen LogP contribution is -2.41. The van der Waals surface area contributed by atoms with E-state index in [-0.39, 0.29) is 35.4 Å². The molecule has 0 bridgehead atoms. The van der Waals surface area contributed by atoms with Crippen molar-refractivity contribution in [3.05, 3.63) is 41.2 Å². The quantitative estimate of drug-likeness (QED) is 0.522.